The number of carbonyl (C=O) groups excluding carboxylic acids is 2. The smallest absolute Gasteiger partial charge is 0.263 e. The number of nitrogens with one attached hydrogen (secondary N) is 1. The lowest BCUT2D eigenvalue weighted by atomic mass is 9.87. The largest absolute Gasteiger partial charge is 0.352 e. The summed E-state index contributed by atoms with van der Waals surface area (Å²) in [5.74, 6) is 0.147. The monoisotopic (exact) mass is 356 g/mol. The number of hydrogen-bond acceptors (Lipinski definition) is 3. The Morgan fingerprint density at radius 1 is 1.28 bits per heavy atom. The summed E-state index contributed by atoms with van der Waals surface area (Å²) in [7, 11) is 3.53. The van der Waals surface area contributed by atoms with E-state index in [4.69, 9.17) is 0 Å². The Morgan fingerprint density at radius 3 is 2.76 bits per heavy atom. The lowest BCUT2D eigenvalue weighted by Crippen LogP contribution is -2.33. The number of thiophene rings is 1. The van der Waals surface area contributed by atoms with Gasteiger partial charge in [0.15, 0.2) is 0 Å². The molecule has 2 amide bonds. The van der Waals surface area contributed by atoms with Gasteiger partial charge in [-0.1, -0.05) is 24.3 Å². The second-order valence-corrected chi connectivity index (χ2v) is 7.98. The Kier molecular flexibility index (Phi) is 5.23. The summed E-state index contributed by atoms with van der Waals surface area (Å²) in [6, 6.07) is 10.1. The van der Waals surface area contributed by atoms with Crippen molar-refractivity contribution in [1.82, 2.24) is 10.2 Å². The van der Waals surface area contributed by atoms with Gasteiger partial charge in [0.05, 0.1) is 4.88 Å². The predicted molar refractivity (Wildman–Crippen MR) is 101 cm³/mol. The number of fused-ring (bicyclic) bond motifs is 1. The molecule has 1 aliphatic carbocycles. The van der Waals surface area contributed by atoms with E-state index in [0.717, 1.165) is 35.3 Å². The molecule has 25 heavy (non-hydrogen) atoms. The van der Waals surface area contributed by atoms with E-state index in [0.29, 0.717) is 6.54 Å². The van der Waals surface area contributed by atoms with Crippen LogP contribution in [0.15, 0.2) is 30.3 Å². The average molecular weight is 356 g/mol. The summed E-state index contributed by atoms with van der Waals surface area (Å²) in [4.78, 5) is 28.3. The van der Waals surface area contributed by atoms with Gasteiger partial charge < -0.3 is 10.2 Å². The van der Waals surface area contributed by atoms with Gasteiger partial charge in [0.25, 0.3) is 5.91 Å². The molecule has 0 unspecified atom stereocenters. The molecule has 0 fully saturated rings. The van der Waals surface area contributed by atoms with Crippen LogP contribution in [0.1, 0.15) is 37.7 Å². The number of rotatable bonds is 4. The third kappa shape index (κ3) is 3.93. The van der Waals surface area contributed by atoms with Crippen molar-refractivity contribution in [3.63, 3.8) is 0 Å². The van der Waals surface area contributed by atoms with E-state index >= 15 is 0 Å². The topological polar surface area (TPSA) is 49.4 Å². The van der Waals surface area contributed by atoms with Gasteiger partial charge in [-0.15, -0.1) is 11.3 Å². The Balaban J connectivity index is 1.63. The zero-order chi connectivity index (χ0) is 18.0. The predicted octanol–water partition coefficient (Wildman–Crippen LogP) is 3.18. The van der Waals surface area contributed by atoms with E-state index in [2.05, 4.69) is 18.3 Å². The first-order chi connectivity index (χ1) is 12.0. The first kappa shape index (κ1) is 17.7. The zero-order valence-corrected chi connectivity index (χ0v) is 15.8. The van der Waals surface area contributed by atoms with Crippen LogP contribution < -0.4 is 5.32 Å². The van der Waals surface area contributed by atoms with E-state index in [1.54, 1.807) is 30.3 Å². The molecule has 0 spiro atoms. The highest BCUT2D eigenvalue weighted by Crippen LogP contribution is 2.33. The summed E-state index contributed by atoms with van der Waals surface area (Å²) in [5, 5.41) is 3.08. The first-order valence-electron chi connectivity index (χ1n) is 8.61. The molecule has 4 nitrogen and oxygen atoms in total. The SMILES string of the molecule is Cc1ccccc1CNC(=O)[C@H]1CCc2sc(C(=O)N(C)C)cc2C1. The summed E-state index contributed by atoms with van der Waals surface area (Å²) >= 11 is 1.57. The number of nitrogens with zero attached hydrogens (tertiary/aromatic N) is 1. The molecule has 0 saturated carbocycles. The van der Waals surface area contributed by atoms with Crippen LogP contribution in [-0.4, -0.2) is 30.8 Å². The number of carbonyl (C=O) groups is 2. The molecule has 0 saturated heterocycles. The lowest BCUT2D eigenvalue weighted by molar-refractivity contribution is -0.125. The molecule has 1 heterocycles. The Bertz CT molecular complexity index is 795. The molecule has 0 radical (unpaired) electrons. The maximum absolute atomic E-state index is 12.6. The molecular weight excluding hydrogens is 332 g/mol. The molecule has 1 aromatic carbocycles. The molecule has 0 aliphatic heterocycles. The highest BCUT2D eigenvalue weighted by Gasteiger charge is 2.27. The summed E-state index contributed by atoms with van der Waals surface area (Å²) in [6.07, 6.45) is 2.46. The molecular formula is C20H24N2O2S. The van der Waals surface area contributed by atoms with Gasteiger partial charge in [-0.05, 0) is 48.9 Å². The fraction of sp³-hybridized carbons (Fsp3) is 0.400. The molecule has 1 aromatic heterocycles. The third-order valence-electron chi connectivity index (χ3n) is 4.78. The van der Waals surface area contributed by atoms with E-state index in [1.807, 2.05) is 24.3 Å². The van der Waals surface area contributed by atoms with Gasteiger partial charge in [0.2, 0.25) is 5.91 Å². The Morgan fingerprint density at radius 2 is 2.04 bits per heavy atom. The van der Waals surface area contributed by atoms with Crippen LogP contribution in [0.3, 0.4) is 0 Å². The van der Waals surface area contributed by atoms with E-state index < -0.39 is 0 Å². The quantitative estimate of drug-likeness (QED) is 0.915. The fourth-order valence-corrected chi connectivity index (χ4v) is 4.44. The van der Waals surface area contributed by atoms with E-state index in [-0.39, 0.29) is 17.7 Å². The minimum absolute atomic E-state index is 0.00609. The Hall–Kier alpha value is -2.14. The minimum Gasteiger partial charge on any atom is -0.352 e. The number of benzene rings is 1. The van der Waals surface area contributed by atoms with Gasteiger partial charge in [-0.25, -0.2) is 0 Å². The summed E-state index contributed by atoms with van der Waals surface area (Å²) < 4.78 is 0. The highest BCUT2D eigenvalue weighted by atomic mass is 32.1. The minimum atomic E-state index is -0.00609. The van der Waals surface area contributed by atoms with Crippen molar-refractivity contribution in [2.45, 2.75) is 32.7 Å². The van der Waals surface area contributed by atoms with Crippen LogP contribution in [0.5, 0.6) is 0 Å². The van der Waals surface area contributed by atoms with Crippen molar-refractivity contribution in [3.8, 4) is 0 Å². The number of hydrogen-bond donors (Lipinski definition) is 1. The van der Waals surface area contributed by atoms with Crippen LogP contribution in [0.25, 0.3) is 0 Å². The maximum atomic E-state index is 12.6. The maximum Gasteiger partial charge on any atom is 0.263 e. The summed E-state index contributed by atoms with van der Waals surface area (Å²) in [5.41, 5.74) is 3.51. The standard InChI is InChI=1S/C20H24N2O2S/c1-13-6-4-5-7-15(13)12-21-19(23)14-8-9-17-16(10-14)11-18(25-17)20(24)22(2)3/h4-7,11,14H,8-10,12H2,1-3H3,(H,21,23)/t14-/m0/s1. The lowest BCUT2D eigenvalue weighted by Gasteiger charge is -2.21. The number of aryl methyl sites for hydroxylation is 2. The van der Waals surface area contributed by atoms with Gasteiger partial charge in [-0.3, -0.25) is 9.59 Å². The van der Waals surface area contributed by atoms with Crippen LogP contribution in [0, 0.1) is 12.8 Å². The average Bonchev–Trinajstić information content (AvgIpc) is 3.03. The van der Waals surface area contributed by atoms with Crippen LogP contribution in [0.2, 0.25) is 0 Å². The molecule has 1 atom stereocenters. The zero-order valence-electron chi connectivity index (χ0n) is 15.0. The van der Waals surface area contributed by atoms with Gasteiger partial charge in [-0.2, -0.15) is 0 Å². The van der Waals surface area contributed by atoms with Crippen molar-refractivity contribution in [2.24, 2.45) is 5.92 Å². The molecule has 2 aromatic rings. The fourth-order valence-electron chi connectivity index (χ4n) is 3.21. The van der Waals surface area contributed by atoms with Gasteiger partial charge in [0.1, 0.15) is 0 Å². The molecule has 5 heteroatoms. The molecule has 132 valence electrons. The van der Waals surface area contributed by atoms with Crippen molar-refractivity contribution in [1.29, 1.82) is 0 Å². The van der Waals surface area contributed by atoms with Crippen molar-refractivity contribution >= 4 is 23.2 Å². The van der Waals surface area contributed by atoms with Crippen molar-refractivity contribution in [2.75, 3.05) is 14.1 Å². The van der Waals surface area contributed by atoms with Crippen LogP contribution >= 0.6 is 11.3 Å². The van der Waals surface area contributed by atoms with Crippen molar-refractivity contribution < 1.29 is 9.59 Å². The second-order valence-electron chi connectivity index (χ2n) is 6.84. The molecule has 1 aliphatic rings. The number of amides is 2. The Labute approximate surface area is 152 Å². The second kappa shape index (κ2) is 7.40. The van der Waals surface area contributed by atoms with Crippen molar-refractivity contribution in [3.05, 3.63) is 56.8 Å². The van der Waals surface area contributed by atoms with Crippen LogP contribution in [-0.2, 0) is 24.2 Å². The van der Waals surface area contributed by atoms with E-state index in [1.165, 1.54) is 10.4 Å². The summed E-state index contributed by atoms with van der Waals surface area (Å²) in [6.45, 7) is 2.63. The molecule has 0 bridgehead atoms. The third-order valence-corrected chi connectivity index (χ3v) is 6.01. The normalized spacial score (nSPS) is 16.2. The molecule has 3 rings (SSSR count). The molecule has 1 N–H and O–H groups in total. The van der Waals surface area contributed by atoms with E-state index in [9.17, 15) is 9.59 Å². The van der Waals surface area contributed by atoms with Gasteiger partial charge >= 0.3 is 0 Å². The first-order valence-corrected chi connectivity index (χ1v) is 9.43. The highest BCUT2D eigenvalue weighted by molar-refractivity contribution is 7.14. The van der Waals surface area contributed by atoms with Gasteiger partial charge in [0, 0.05) is 31.4 Å². The van der Waals surface area contributed by atoms with Crippen LogP contribution in [0.4, 0.5) is 0 Å².